The lowest BCUT2D eigenvalue weighted by Gasteiger charge is -2.20. The number of phenols is 1. The van der Waals surface area contributed by atoms with Crippen molar-refractivity contribution in [1.82, 2.24) is 0 Å². The van der Waals surface area contributed by atoms with Crippen LogP contribution in [0.15, 0.2) is 42.5 Å². The van der Waals surface area contributed by atoms with E-state index < -0.39 is 0 Å². The lowest BCUT2D eigenvalue weighted by atomic mass is 9.87. The van der Waals surface area contributed by atoms with Crippen LogP contribution in [0.3, 0.4) is 0 Å². The second kappa shape index (κ2) is 5.93. The summed E-state index contributed by atoms with van der Waals surface area (Å²) in [6.07, 6.45) is 0.747. The lowest BCUT2D eigenvalue weighted by Crippen LogP contribution is -2.16. The Hall–Kier alpha value is -2.36. The number of carbonyl (C=O) groups is 1. The van der Waals surface area contributed by atoms with Gasteiger partial charge in [-0.1, -0.05) is 39.0 Å². The van der Waals surface area contributed by atoms with Gasteiger partial charge in [-0.05, 0) is 53.1 Å². The molecule has 0 spiro atoms. The number of hydrogen-bond donors (Lipinski definition) is 2. The molecule has 1 fully saturated rings. The molecule has 2 N–H and O–H groups in total. The molecule has 4 heteroatoms. The predicted octanol–water partition coefficient (Wildman–Crippen LogP) is 4.57. The van der Waals surface area contributed by atoms with E-state index in [9.17, 15) is 14.3 Å². The van der Waals surface area contributed by atoms with E-state index >= 15 is 0 Å². The predicted molar refractivity (Wildman–Crippen MR) is 92.7 cm³/mol. The van der Waals surface area contributed by atoms with Crippen molar-refractivity contribution in [3.8, 4) is 5.75 Å². The fourth-order valence-electron chi connectivity index (χ4n) is 2.89. The lowest BCUT2D eigenvalue weighted by molar-refractivity contribution is -0.117. The maximum atomic E-state index is 13.0. The van der Waals surface area contributed by atoms with Crippen molar-refractivity contribution in [2.24, 2.45) is 5.92 Å². The zero-order valence-corrected chi connectivity index (χ0v) is 14.1. The van der Waals surface area contributed by atoms with Crippen molar-refractivity contribution in [1.29, 1.82) is 0 Å². The van der Waals surface area contributed by atoms with Gasteiger partial charge in [0.05, 0.1) is 5.69 Å². The van der Waals surface area contributed by atoms with Gasteiger partial charge < -0.3 is 10.4 Å². The molecule has 2 aromatic rings. The van der Waals surface area contributed by atoms with Gasteiger partial charge in [0, 0.05) is 5.92 Å². The van der Waals surface area contributed by atoms with Crippen molar-refractivity contribution in [2.45, 2.75) is 38.5 Å². The number of anilines is 1. The van der Waals surface area contributed by atoms with E-state index in [0.29, 0.717) is 5.69 Å². The average Bonchev–Trinajstić information content (AvgIpc) is 3.29. The molecule has 1 aliphatic carbocycles. The van der Waals surface area contributed by atoms with Crippen LogP contribution in [0.5, 0.6) is 5.75 Å². The minimum atomic E-state index is -0.274. The molecule has 3 nitrogen and oxygen atoms in total. The molecule has 1 amide bonds. The molecule has 24 heavy (non-hydrogen) atoms. The normalized spacial score (nSPS) is 19.8. The SMILES string of the molecule is CC(C)(C)c1ccc(O)c(NC(=O)C2CC2c2ccc(F)cc2)c1. The van der Waals surface area contributed by atoms with Gasteiger partial charge in [-0.2, -0.15) is 0 Å². The number of amides is 1. The highest BCUT2D eigenvalue weighted by atomic mass is 19.1. The fourth-order valence-corrected chi connectivity index (χ4v) is 2.89. The molecule has 126 valence electrons. The molecule has 0 aromatic heterocycles. The molecule has 1 aliphatic rings. The zero-order chi connectivity index (χ0) is 17.5. The van der Waals surface area contributed by atoms with Gasteiger partial charge in [0.2, 0.25) is 5.91 Å². The summed E-state index contributed by atoms with van der Waals surface area (Å²) in [7, 11) is 0. The number of aromatic hydroxyl groups is 1. The summed E-state index contributed by atoms with van der Waals surface area (Å²) >= 11 is 0. The highest BCUT2D eigenvalue weighted by molar-refractivity contribution is 5.96. The molecule has 0 aliphatic heterocycles. The number of nitrogens with one attached hydrogen (secondary N) is 1. The number of phenolic OH excluding ortho intramolecular Hbond substituents is 1. The third kappa shape index (κ3) is 3.42. The molecule has 0 radical (unpaired) electrons. The quantitative estimate of drug-likeness (QED) is 0.811. The van der Waals surface area contributed by atoms with Crippen LogP contribution in [0, 0.1) is 11.7 Å². The molecule has 0 saturated heterocycles. The third-order valence-corrected chi connectivity index (χ3v) is 4.55. The van der Waals surface area contributed by atoms with Gasteiger partial charge in [-0.25, -0.2) is 4.39 Å². The number of halogens is 1. The van der Waals surface area contributed by atoms with Crippen LogP contribution in [0.2, 0.25) is 0 Å². The number of carbonyl (C=O) groups excluding carboxylic acids is 1. The largest absolute Gasteiger partial charge is 0.506 e. The van der Waals surface area contributed by atoms with E-state index in [0.717, 1.165) is 17.5 Å². The van der Waals surface area contributed by atoms with Crippen molar-refractivity contribution in [3.05, 3.63) is 59.4 Å². The van der Waals surface area contributed by atoms with Crippen LogP contribution in [0.1, 0.15) is 44.2 Å². The first-order valence-electron chi connectivity index (χ1n) is 8.15. The van der Waals surface area contributed by atoms with Crippen LogP contribution in [-0.4, -0.2) is 11.0 Å². The first kappa shape index (κ1) is 16.5. The monoisotopic (exact) mass is 327 g/mol. The number of benzene rings is 2. The Balaban J connectivity index is 1.71. The third-order valence-electron chi connectivity index (χ3n) is 4.55. The second-order valence-corrected chi connectivity index (χ2v) is 7.47. The van der Waals surface area contributed by atoms with Crippen molar-refractivity contribution in [2.75, 3.05) is 5.32 Å². The standard InChI is InChI=1S/C20H22FNO2/c1-20(2,3)13-6-9-18(23)17(10-13)22-19(24)16-11-15(16)12-4-7-14(21)8-5-12/h4-10,15-16,23H,11H2,1-3H3,(H,22,24). The molecule has 3 rings (SSSR count). The summed E-state index contributed by atoms with van der Waals surface area (Å²) in [5.74, 6) is -0.322. The van der Waals surface area contributed by atoms with Crippen molar-refractivity contribution >= 4 is 11.6 Å². The minimum Gasteiger partial charge on any atom is -0.506 e. The Morgan fingerprint density at radius 3 is 2.46 bits per heavy atom. The van der Waals surface area contributed by atoms with E-state index in [-0.39, 0.29) is 34.7 Å². The summed E-state index contributed by atoms with van der Waals surface area (Å²) in [5, 5.41) is 12.8. The van der Waals surface area contributed by atoms with Gasteiger partial charge in [0.15, 0.2) is 0 Å². The van der Waals surface area contributed by atoms with Crippen LogP contribution < -0.4 is 5.32 Å². The van der Waals surface area contributed by atoms with Gasteiger partial charge in [-0.15, -0.1) is 0 Å². The fraction of sp³-hybridized carbons (Fsp3) is 0.350. The summed E-state index contributed by atoms with van der Waals surface area (Å²) < 4.78 is 13.0. The van der Waals surface area contributed by atoms with E-state index in [2.05, 4.69) is 26.1 Å². The number of hydrogen-bond acceptors (Lipinski definition) is 2. The summed E-state index contributed by atoms with van der Waals surface area (Å²) in [4.78, 5) is 12.4. The van der Waals surface area contributed by atoms with Gasteiger partial charge in [0.25, 0.3) is 0 Å². The molecule has 0 bridgehead atoms. The van der Waals surface area contributed by atoms with Crippen LogP contribution in [0.4, 0.5) is 10.1 Å². The van der Waals surface area contributed by atoms with Gasteiger partial charge >= 0.3 is 0 Å². The number of rotatable bonds is 3. The first-order valence-corrected chi connectivity index (χ1v) is 8.15. The maximum Gasteiger partial charge on any atom is 0.228 e. The zero-order valence-electron chi connectivity index (χ0n) is 14.1. The molecular formula is C20H22FNO2. The minimum absolute atomic E-state index is 0.0651. The Bertz CT molecular complexity index is 762. The van der Waals surface area contributed by atoms with Crippen LogP contribution in [0.25, 0.3) is 0 Å². The van der Waals surface area contributed by atoms with Crippen LogP contribution >= 0.6 is 0 Å². The first-order chi connectivity index (χ1) is 11.3. The van der Waals surface area contributed by atoms with Crippen molar-refractivity contribution in [3.63, 3.8) is 0 Å². The molecule has 0 heterocycles. The highest BCUT2D eigenvalue weighted by Gasteiger charge is 2.44. The van der Waals surface area contributed by atoms with Crippen molar-refractivity contribution < 1.29 is 14.3 Å². The molecule has 2 unspecified atom stereocenters. The Morgan fingerprint density at radius 2 is 1.83 bits per heavy atom. The molecular weight excluding hydrogens is 305 g/mol. The maximum absolute atomic E-state index is 13.0. The smallest absolute Gasteiger partial charge is 0.228 e. The summed E-state index contributed by atoms with van der Waals surface area (Å²) in [5.41, 5.74) is 2.39. The van der Waals surface area contributed by atoms with Gasteiger partial charge in [-0.3, -0.25) is 4.79 Å². The topological polar surface area (TPSA) is 49.3 Å². The molecule has 2 aromatic carbocycles. The Morgan fingerprint density at radius 1 is 1.17 bits per heavy atom. The van der Waals surface area contributed by atoms with Crippen LogP contribution in [-0.2, 0) is 10.2 Å². The second-order valence-electron chi connectivity index (χ2n) is 7.47. The van der Waals surface area contributed by atoms with E-state index in [1.165, 1.54) is 12.1 Å². The summed E-state index contributed by atoms with van der Waals surface area (Å²) in [6.45, 7) is 6.24. The Kier molecular flexibility index (Phi) is 4.08. The van der Waals surface area contributed by atoms with E-state index in [4.69, 9.17) is 0 Å². The Labute approximate surface area is 141 Å². The highest BCUT2D eigenvalue weighted by Crippen LogP contribution is 2.48. The van der Waals surface area contributed by atoms with Gasteiger partial charge in [0.1, 0.15) is 11.6 Å². The van der Waals surface area contributed by atoms with E-state index in [1.54, 1.807) is 18.2 Å². The van der Waals surface area contributed by atoms with E-state index in [1.807, 2.05) is 12.1 Å². The average molecular weight is 327 g/mol. The molecule has 2 atom stereocenters. The summed E-state index contributed by atoms with van der Waals surface area (Å²) in [6, 6.07) is 11.6. The molecule has 1 saturated carbocycles.